The lowest BCUT2D eigenvalue weighted by Gasteiger charge is -2.18. The molecule has 0 saturated heterocycles. The van der Waals surface area contributed by atoms with Gasteiger partial charge in [-0.25, -0.2) is 5.10 Å². The first-order valence-electron chi connectivity index (χ1n) is 4.68. The quantitative estimate of drug-likeness (QED) is 0.704. The number of hydrogen-bond acceptors (Lipinski definition) is 3. The minimum Gasteiger partial charge on any atom is -0.324 e. The third-order valence-corrected chi connectivity index (χ3v) is 2.09. The number of hydrogen-bond donors (Lipinski definition) is 2. The molecule has 1 aromatic heterocycles. The van der Waals surface area contributed by atoms with Gasteiger partial charge in [-0.05, 0) is 13.0 Å². The molecule has 0 amide bonds. The smallest absolute Gasteiger partial charge is 0.268 e. The SMILES string of the molecule is CC(N)c1cc(C(C)(C)C)n[nH]c1=O. The third-order valence-electron chi connectivity index (χ3n) is 2.09. The van der Waals surface area contributed by atoms with Crippen LogP contribution in [-0.2, 0) is 5.41 Å². The van der Waals surface area contributed by atoms with Crippen LogP contribution in [0.4, 0.5) is 0 Å². The highest BCUT2D eigenvalue weighted by Gasteiger charge is 2.18. The molecule has 1 aromatic rings. The van der Waals surface area contributed by atoms with Crippen molar-refractivity contribution in [2.45, 2.75) is 39.2 Å². The van der Waals surface area contributed by atoms with Gasteiger partial charge in [0.2, 0.25) is 0 Å². The fourth-order valence-corrected chi connectivity index (χ4v) is 1.14. The molecule has 0 fully saturated rings. The van der Waals surface area contributed by atoms with Crippen molar-refractivity contribution in [1.82, 2.24) is 10.2 Å². The number of aromatic nitrogens is 2. The highest BCUT2D eigenvalue weighted by Crippen LogP contribution is 2.19. The number of nitrogens with two attached hydrogens (primary N) is 1. The molecular weight excluding hydrogens is 178 g/mol. The van der Waals surface area contributed by atoms with Gasteiger partial charge in [0, 0.05) is 17.0 Å². The van der Waals surface area contributed by atoms with Crippen LogP contribution in [0, 0.1) is 0 Å². The Hall–Kier alpha value is -1.16. The number of H-pyrrole nitrogens is 1. The zero-order valence-corrected chi connectivity index (χ0v) is 9.09. The molecule has 3 N–H and O–H groups in total. The van der Waals surface area contributed by atoms with E-state index in [2.05, 4.69) is 10.2 Å². The van der Waals surface area contributed by atoms with Crippen molar-refractivity contribution in [3.63, 3.8) is 0 Å². The van der Waals surface area contributed by atoms with E-state index < -0.39 is 0 Å². The first kappa shape index (κ1) is 10.9. The molecule has 0 aliphatic carbocycles. The topological polar surface area (TPSA) is 71.8 Å². The molecular formula is C10H17N3O. The summed E-state index contributed by atoms with van der Waals surface area (Å²) in [6.07, 6.45) is 0. The van der Waals surface area contributed by atoms with Gasteiger partial charge in [0.15, 0.2) is 0 Å². The van der Waals surface area contributed by atoms with Crippen molar-refractivity contribution >= 4 is 0 Å². The number of aromatic amines is 1. The predicted octanol–water partition coefficient (Wildman–Crippen LogP) is 1.09. The van der Waals surface area contributed by atoms with E-state index in [0.717, 1.165) is 5.69 Å². The number of nitrogens with one attached hydrogen (secondary N) is 1. The van der Waals surface area contributed by atoms with Crippen LogP contribution in [-0.4, -0.2) is 10.2 Å². The van der Waals surface area contributed by atoms with Crippen molar-refractivity contribution in [3.8, 4) is 0 Å². The zero-order valence-electron chi connectivity index (χ0n) is 9.09. The van der Waals surface area contributed by atoms with Crippen LogP contribution >= 0.6 is 0 Å². The molecule has 4 nitrogen and oxygen atoms in total. The van der Waals surface area contributed by atoms with E-state index in [9.17, 15) is 4.79 Å². The Morgan fingerprint density at radius 3 is 2.50 bits per heavy atom. The standard InChI is InChI=1S/C10H17N3O/c1-6(11)7-5-8(10(2,3)4)12-13-9(7)14/h5-6H,11H2,1-4H3,(H,13,14). The third kappa shape index (κ3) is 2.20. The fourth-order valence-electron chi connectivity index (χ4n) is 1.14. The average Bonchev–Trinajstić information content (AvgIpc) is 2.02. The second kappa shape index (κ2) is 3.53. The van der Waals surface area contributed by atoms with Gasteiger partial charge in [0.05, 0.1) is 5.69 Å². The molecule has 1 atom stereocenters. The summed E-state index contributed by atoms with van der Waals surface area (Å²) < 4.78 is 0. The average molecular weight is 195 g/mol. The first-order chi connectivity index (χ1) is 6.32. The van der Waals surface area contributed by atoms with Gasteiger partial charge in [0.1, 0.15) is 0 Å². The summed E-state index contributed by atoms with van der Waals surface area (Å²) in [6.45, 7) is 7.91. The second-order valence-electron chi connectivity index (χ2n) is 4.58. The summed E-state index contributed by atoms with van der Waals surface area (Å²) in [5.41, 5.74) is 6.84. The van der Waals surface area contributed by atoms with E-state index >= 15 is 0 Å². The molecule has 1 heterocycles. The molecule has 0 spiro atoms. The van der Waals surface area contributed by atoms with E-state index in [1.165, 1.54) is 0 Å². The minimum absolute atomic E-state index is 0.0756. The highest BCUT2D eigenvalue weighted by atomic mass is 16.1. The fraction of sp³-hybridized carbons (Fsp3) is 0.600. The van der Waals surface area contributed by atoms with E-state index in [1.807, 2.05) is 20.8 Å². The Labute approximate surface area is 83.5 Å². The molecule has 1 unspecified atom stereocenters. The van der Waals surface area contributed by atoms with E-state index in [1.54, 1.807) is 13.0 Å². The summed E-state index contributed by atoms with van der Waals surface area (Å²) in [7, 11) is 0. The lowest BCUT2D eigenvalue weighted by molar-refractivity contribution is 0.553. The van der Waals surface area contributed by atoms with Gasteiger partial charge in [-0.1, -0.05) is 20.8 Å². The number of nitrogens with zero attached hydrogens (tertiary/aromatic N) is 1. The van der Waals surface area contributed by atoms with Crippen LogP contribution in [0.15, 0.2) is 10.9 Å². The molecule has 0 aliphatic heterocycles. The van der Waals surface area contributed by atoms with Gasteiger partial charge < -0.3 is 5.73 Å². The van der Waals surface area contributed by atoms with Crippen molar-refractivity contribution in [2.24, 2.45) is 5.73 Å². The van der Waals surface area contributed by atoms with Crippen LogP contribution in [0.2, 0.25) is 0 Å². The molecule has 0 bridgehead atoms. The molecule has 14 heavy (non-hydrogen) atoms. The van der Waals surface area contributed by atoms with Gasteiger partial charge >= 0.3 is 0 Å². The molecule has 0 aromatic carbocycles. The van der Waals surface area contributed by atoms with Crippen molar-refractivity contribution in [2.75, 3.05) is 0 Å². The number of rotatable bonds is 1. The summed E-state index contributed by atoms with van der Waals surface area (Å²) in [5, 5.41) is 6.47. The summed E-state index contributed by atoms with van der Waals surface area (Å²) >= 11 is 0. The summed E-state index contributed by atoms with van der Waals surface area (Å²) in [4.78, 5) is 11.3. The largest absolute Gasteiger partial charge is 0.324 e. The van der Waals surface area contributed by atoms with Crippen molar-refractivity contribution < 1.29 is 0 Å². The van der Waals surface area contributed by atoms with Crippen molar-refractivity contribution in [1.29, 1.82) is 0 Å². The Morgan fingerprint density at radius 1 is 1.50 bits per heavy atom. The lowest BCUT2D eigenvalue weighted by atomic mass is 9.91. The van der Waals surface area contributed by atoms with Gasteiger partial charge in [0.25, 0.3) is 5.56 Å². The van der Waals surface area contributed by atoms with Crippen LogP contribution in [0.3, 0.4) is 0 Å². The molecule has 78 valence electrons. The normalized spacial score (nSPS) is 14.1. The maximum absolute atomic E-state index is 11.3. The summed E-state index contributed by atoms with van der Waals surface area (Å²) in [5.74, 6) is 0. The van der Waals surface area contributed by atoms with Crippen molar-refractivity contribution in [3.05, 3.63) is 27.7 Å². The molecule has 4 heteroatoms. The van der Waals surface area contributed by atoms with Gasteiger partial charge in [-0.15, -0.1) is 0 Å². The maximum Gasteiger partial charge on any atom is 0.268 e. The molecule has 1 rings (SSSR count). The Balaban J connectivity index is 3.27. The maximum atomic E-state index is 11.3. The van der Waals surface area contributed by atoms with Crippen LogP contribution < -0.4 is 11.3 Å². The molecule has 0 aliphatic rings. The van der Waals surface area contributed by atoms with Crippen LogP contribution in [0.25, 0.3) is 0 Å². The first-order valence-corrected chi connectivity index (χ1v) is 4.68. The Bertz CT molecular complexity index is 374. The molecule has 0 radical (unpaired) electrons. The van der Waals surface area contributed by atoms with Gasteiger partial charge in [-0.3, -0.25) is 4.79 Å². The van der Waals surface area contributed by atoms with E-state index in [4.69, 9.17) is 5.73 Å². The van der Waals surface area contributed by atoms with Gasteiger partial charge in [-0.2, -0.15) is 5.10 Å². The van der Waals surface area contributed by atoms with E-state index in [-0.39, 0.29) is 17.0 Å². The Kier molecular flexibility index (Phi) is 2.76. The van der Waals surface area contributed by atoms with Crippen LogP contribution in [0.1, 0.15) is 45.0 Å². The zero-order chi connectivity index (χ0) is 10.9. The Morgan fingerprint density at radius 2 is 2.07 bits per heavy atom. The lowest BCUT2D eigenvalue weighted by Crippen LogP contribution is -2.25. The van der Waals surface area contributed by atoms with E-state index in [0.29, 0.717) is 5.56 Å². The highest BCUT2D eigenvalue weighted by molar-refractivity contribution is 5.20. The monoisotopic (exact) mass is 195 g/mol. The predicted molar refractivity (Wildman–Crippen MR) is 56.2 cm³/mol. The minimum atomic E-state index is -0.261. The van der Waals surface area contributed by atoms with Crippen LogP contribution in [0.5, 0.6) is 0 Å². The molecule has 0 saturated carbocycles. The summed E-state index contributed by atoms with van der Waals surface area (Å²) in [6, 6.07) is 1.52. The second-order valence-corrected chi connectivity index (χ2v) is 4.58.